The van der Waals surface area contributed by atoms with Crippen LogP contribution in [0.1, 0.15) is 44.1 Å². The number of rotatable bonds is 3. The van der Waals surface area contributed by atoms with E-state index in [9.17, 15) is 0 Å². The Kier molecular flexibility index (Phi) is 3.44. The molecule has 0 aromatic carbocycles. The van der Waals surface area contributed by atoms with Crippen molar-refractivity contribution in [3.05, 3.63) is 17.6 Å². The van der Waals surface area contributed by atoms with Crippen LogP contribution in [0.3, 0.4) is 0 Å². The number of nitrogens with one attached hydrogen (secondary N) is 1. The molecule has 0 spiro atoms. The highest BCUT2D eigenvalue weighted by Gasteiger charge is 2.36. The molecule has 2 saturated heterocycles. The lowest BCUT2D eigenvalue weighted by atomic mass is 9.98. The fourth-order valence-corrected chi connectivity index (χ4v) is 3.73. The van der Waals surface area contributed by atoms with Gasteiger partial charge in [-0.1, -0.05) is 0 Å². The fraction of sp³-hybridized carbons (Fsp3) is 0.733. The minimum absolute atomic E-state index is 0.637. The Morgan fingerprint density at radius 3 is 2.47 bits per heavy atom. The monoisotopic (exact) mass is 260 g/mol. The van der Waals surface area contributed by atoms with Crippen LogP contribution in [0.2, 0.25) is 0 Å². The Morgan fingerprint density at radius 2 is 1.89 bits per heavy atom. The van der Waals surface area contributed by atoms with E-state index in [2.05, 4.69) is 40.1 Å². The third kappa shape index (κ3) is 2.59. The molecule has 2 aliphatic rings. The first-order valence-electron chi connectivity index (χ1n) is 7.50. The number of hydrogen-bond acceptors (Lipinski definition) is 4. The Hall–Kier alpha value is -1.16. The molecule has 0 saturated carbocycles. The molecule has 1 N–H and O–H groups in total. The molecule has 104 valence electrons. The highest BCUT2D eigenvalue weighted by molar-refractivity contribution is 5.41. The molecule has 2 aliphatic heterocycles. The van der Waals surface area contributed by atoms with E-state index in [1.165, 1.54) is 25.7 Å². The average molecular weight is 260 g/mol. The lowest BCUT2D eigenvalue weighted by Gasteiger charge is -2.38. The zero-order valence-electron chi connectivity index (χ0n) is 12.2. The Bertz CT molecular complexity index is 427. The summed E-state index contributed by atoms with van der Waals surface area (Å²) in [7, 11) is 0. The van der Waals surface area contributed by atoms with Crippen molar-refractivity contribution in [2.24, 2.45) is 0 Å². The molecule has 1 aromatic rings. The summed E-state index contributed by atoms with van der Waals surface area (Å²) < 4.78 is 0. The molecule has 2 bridgehead atoms. The first-order valence-corrected chi connectivity index (χ1v) is 7.50. The maximum atomic E-state index is 4.65. The van der Waals surface area contributed by atoms with Gasteiger partial charge in [-0.3, -0.25) is 0 Å². The second-order valence-corrected chi connectivity index (χ2v) is 5.96. The van der Waals surface area contributed by atoms with Crippen LogP contribution in [0, 0.1) is 13.8 Å². The second kappa shape index (κ2) is 5.08. The van der Waals surface area contributed by atoms with E-state index in [1.54, 1.807) is 0 Å². The SMILES string of the molecule is CCN(c1cc(C)nc(C)n1)C1CC2CCC(C1)N2. The van der Waals surface area contributed by atoms with Crippen molar-refractivity contribution in [3.8, 4) is 0 Å². The maximum absolute atomic E-state index is 4.65. The molecule has 1 aromatic heterocycles. The van der Waals surface area contributed by atoms with Gasteiger partial charge in [0.15, 0.2) is 0 Å². The Labute approximate surface area is 115 Å². The third-order valence-corrected chi connectivity index (χ3v) is 4.48. The van der Waals surface area contributed by atoms with Crippen LogP contribution >= 0.6 is 0 Å². The van der Waals surface area contributed by atoms with Gasteiger partial charge in [-0.2, -0.15) is 0 Å². The topological polar surface area (TPSA) is 41.1 Å². The van der Waals surface area contributed by atoms with Crippen molar-refractivity contribution in [3.63, 3.8) is 0 Å². The zero-order chi connectivity index (χ0) is 13.4. The summed E-state index contributed by atoms with van der Waals surface area (Å²) in [6, 6.07) is 4.21. The molecular weight excluding hydrogens is 236 g/mol. The maximum Gasteiger partial charge on any atom is 0.132 e. The molecular formula is C15H24N4. The van der Waals surface area contributed by atoms with Crippen molar-refractivity contribution in [1.29, 1.82) is 0 Å². The van der Waals surface area contributed by atoms with Gasteiger partial charge in [0.1, 0.15) is 11.6 Å². The van der Waals surface area contributed by atoms with Gasteiger partial charge in [-0.25, -0.2) is 9.97 Å². The van der Waals surface area contributed by atoms with Crippen molar-refractivity contribution in [1.82, 2.24) is 15.3 Å². The van der Waals surface area contributed by atoms with Crippen LogP contribution in [0.4, 0.5) is 5.82 Å². The van der Waals surface area contributed by atoms with Gasteiger partial charge in [-0.05, 0) is 46.5 Å². The molecule has 2 unspecified atom stereocenters. The zero-order valence-corrected chi connectivity index (χ0v) is 12.2. The molecule has 2 fully saturated rings. The molecule has 0 amide bonds. The normalized spacial score (nSPS) is 29.5. The predicted molar refractivity (Wildman–Crippen MR) is 77.5 cm³/mol. The van der Waals surface area contributed by atoms with E-state index in [1.807, 2.05) is 6.92 Å². The van der Waals surface area contributed by atoms with Crippen LogP contribution in [0.15, 0.2) is 6.07 Å². The van der Waals surface area contributed by atoms with Gasteiger partial charge in [-0.15, -0.1) is 0 Å². The van der Waals surface area contributed by atoms with E-state index in [0.29, 0.717) is 6.04 Å². The van der Waals surface area contributed by atoms with Crippen LogP contribution < -0.4 is 10.2 Å². The molecule has 2 atom stereocenters. The summed E-state index contributed by atoms with van der Waals surface area (Å²) in [6.07, 6.45) is 5.21. The Morgan fingerprint density at radius 1 is 1.21 bits per heavy atom. The number of nitrogens with zero attached hydrogens (tertiary/aromatic N) is 3. The van der Waals surface area contributed by atoms with Crippen LogP contribution in [-0.2, 0) is 0 Å². The van der Waals surface area contributed by atoms with Crippen LogP contribution in [-0.4, -0.2) is 34.6 Å². The highest BCUT2D eigenvalue weighted by Crippen LogP contribution is 2.31. The van der Waals surface area contributed by atoms with E-state index < -0.39 is 0 Å². The summed E-state index contributed by atoms with van der Waals surface area (Å²) in [4.78, 5) is 11.5. The van der Waals surface area contributed by atoms with Gasteiger partial charge in [0.25, 0.3) is 0 Å². The summed E-state index contributed by atoms with van der Waals surface area (Å²) in [5, 5.41) is 3.71. The van der Waals surface area contributed by atoms with Crippen molar-refractivity contribution in [2.45, 2.75) is 64.6 Å². The average Bonchev–Trinajstić information content (AvgIpc) is 2.68. The van der Waals surface area contributed by atoms with Gasteiger partial charge < -0.3 is 10.2 Å². The molecule has 4 nitrogen and oxygen atoms in total. The fourth-order valence-electron chi connectivity index (χ4n) is 3.73. The number of aromatic nitrogens is 2. The minimum Gasteiger partial charge on any atom is -0.354 e. The third-order valence-electron chi connectivity index (χ3n) is 4.48. The van der Waals surface area contributed by atoms with Crippen LogP contribution in [0.25, 0.3) is 0 Å². The minimum atomic E-state index is 0.637. The summed E-state index contributed by atoms with van der Waals surface area (Å²) in [6.45, 7) is 7.30. The van der Waals surface area contributed by atoms with E-state index >= 15 is 0 Å². The van der Waals surface area contributed by atoms with Gasteiger partial charge in [0.2, 0.25) is 0 Å². The molecule has 4 heteroatoms. The molecule has 19 heavy (non-hydrogen) atoms. The van der Waals surface area contributed by atoms with Crippen molar-refractivity contribution in [2.75, 3.05) is 11.4 Å². The smallest absolute Gasteiger partial charge is 0.132 e. The lowest BCUT2D eigenvalue weighted by molar-refractivity contribution is 0.348. The summed E-state index contributed by atoms with van der Waals surface area (Å²) in [5.41, 5.74) is 1.07. The quantitative estimate of drug-likeness (QED) is 0.904. The molecule has 3 rings (SSSR count). The standard InChI is InChI=1S/C15H24N4/c1-4-19(15-7-10(2)16-11(3)17-15)14-8-12-5-6-13(9-14)18-12/h7,12-14,18H,4-6,8-9H2,1-3H3. The molecule has 0 aliphatic carbocycles. The number of fused-ring (bicyclic) bond motifs is 2. The molecule has 0 radical (unpaired) electrons. The summed E-state index contributed by atoms with van der Waals surface area (Å²) in [5.74, 6) is 1.99. The van der Waals surface area contributed by atoms with Gasteiger partial charge in [0.05, 0.1) is 0 Å². The van der Waals surface area contributed by atoms with E-state index in [4.69, 9.17) is 0 Å². The summed E-state index contributed by atoms with van der Waals surface area (Å²) >= 11 is 0. The van der Waals surface area contributed by atoms with Crippen LogP contribution in [0.5, 0.6) is 0 Å². The van der Waals surface area contributed by atoms with Gasteiger partial charge >= 0.3 is 0 Å². The van der Waals surface area contributed by atoms with Crippen molar-refractivity contribution < 1.29 is 0 Å². The predicted octanol–water partition coefficient (Wildman–Crippen LogP) is 2.20. The molecule has 3 heterocycles. The number of hydrogen-bond donors (Lipinski definition) is 1. The number of anilines is 1. The largest absolute Gasteiger partial charge is 0.354 e. The second-order valence-electron chi connectivity index (χ2n) is 5.96. The van der Waals surface area contributed by atoms with Crippen molar-refractivity contribution >= 4 is 5.82 Å². The van der Waals surface area contributed by atoms with E-state index in [-0.39, 0.29) is 0 Å². The first kappa shape index (κ1) is 12.9. The first-order chi connectivity index (χ1) is 9.15. The number of piperidine rings is 1. The number of aryl methyl sites for hydroxylation is 2. The lowest BCUT2D eigenvalue weighted by Crippen LogP contribution is -2.48. The van der Waals surface area contributed by atoms with E-state index in [0.717, 1.165) is 36.0 Å². The van der Waals surface area contributed by atoms with Gasteiger partial charge in [0, 0.05) is 36.4 Å². The Balaban J connectivity index is 1.83. The highest BCUT2D eigenvalue weighted by atomic mass is 15.2.